The number of aliphatic hydroxyl groups excluding tert-OH is 1. The Balaban J connectivity index is 2.73. The summed E-state index contributed by atoms with van der Waals surface area (Å²) in [7, 11) is 0. The standard InChI is InChI=1S/C13H20N2O3/c1-4-10(8-16)14-13(17)11-6-5-7-12(15-11)18-9(2)3/h5-7,9-10,16H,4,8H2,1-3H3,(H,14,17). The van der Waals surface area contributed by atoms with Gasteiger partial charge in [-0.05, 0) is 26.3 Å². The third-order valence-electron chi connectivity index (χ3n) is 2.36. The summed E-state index contributed by atoms with van der Waals surface area (Å²) in [5.41, 5.74) is 0.292. The number of aromatic nitrogens is 1. The minimum absolute atomic E-state index is 0.0108. The number of rotatable bonds is 6. The van der Waals surface area contributed by atoms with E-state index in [9.17, 15) is 4.79 Å². The first-order valence-electron chi connectivity index (χ1n) is 6.12. The Morgan fingerprint density at radius 3 is 2.78 bits per heavy atom. The summed E-state index contributed by atoms with van der Waals surface area (Å²) in [5.74, 6) is 0.125. The van der Waals surface area contributed by atoms with Gasteiger partial charge < -0.3 is 15.2 Å². The fourth-order valence-corrected chi connectivity index (χ4v) is 1.38. The summed E-state index contributed by atoms with van der Waals surface area (Å²) in [6.45, 7) is 5.61. The molecule has 1 amide bonds. The van der Waals surface area contributed by atoms with E-state index in [1.165, 1.54) is 0 Å². The van der Waals surface area contributed by atoms with Gasteiger partial charge in [0.05, 0.1) is 18.8 Å². The van der Waals surface area contributed by atoms with Gasteiger partial charge in [-0.15, -0.1) is 0 Å². The summed E-state index contributed by atoms with van der Waals surface area (Å²) in [5, 5.41) is 11.7. The highest BCUT2D eigenvalue weighted by Gasteiger charge is 2.13. The average molecular weight is 252 g/mol. The number of hydrogen-bond acceptors (Lipinski definition) is 4. The second-order valence-electron chi connectivity index (χ2n) is 4.29. The highest BCUT2D eigenvalue weighted by Crippen LogP contribution is 2.09. The third kappa shape index (κ3) is 4.33. The van der Waals surface area contributed by atoms with Crippen molar-refractivity contribution in [1.82, 2.24) is 10.3 Å². The van der Waals surface area contributed by atoms with Gasteiger partial charge in [-0.3, -0.25) is 4.79 Å². The van der Waals surface area contributed by atoms with E-state index in [4.69, 9.17) is 9.84 Å². The molecule has 0 aliphatic heterocycles. The van der Waals surface area contributed by atoms with E-state index in [1.54, 1.807) is 18.2 Å². The van der Waals surface area contributed by atoms with Crippen LogP contribution in [0.2, 0.25) is 0 Å². The number of hydrogen-bond donors (Lipinski definition) is 2. The highest BCUT2D eigenvalue weighted by molar-refractivity contribution is 5.92. The van der Waals surface area contributed by atoms with Crippen molar-refractivity contribution in [3.05, 3.63) is 23.9 Å². The van der Waals surface area contributed by atoms with Crippen molar-refractivity contribution in [3.63, 3.8) is 0 Å². The van der Waals surface area contributed by atoms with Crippen molar-refractivity contribution >= 4 is 5.91 Å². The van der Waals surface area contributed by atoms with Crippen LogP contribution in [0.25, 0.3) is 0 Å². The Labute approximate surface area is 107 Å². The molecule has 1 aromatic heterocycles. The molecule has 18 heavy (non-hydrogen) atoms. The lowest BCUT2D eigenvalue weighted by Crippen LogP contribution is -2.37. The van der Waals surface area contributed by atoms with Gasteiger partial charge in [-0.25, -0.2) is 4.98 Å². The van der Waals surface area contributed by atoms with Crippen LogP contribution >= 0.6 is 0 Å². The van der Waals surface area contributed by atoms with Gasteiger partial charge in [0.1, 0.15) is 5.69 Å². The average Bonchev–Trinajstić information content (AvgIpc) is 2.35. The van der Waals surface area contributed by atoms with Gasteiger partial charge >= 0.3 is 0 Å². The summed E-state index contributed by atoms with van der Waals surface area (Å²) < 4.78 is 5.42. The number of carbonyl (C=O) groups is 1. The van der Waals surface area contributed by atoms with E-state index in [2.05, 4.69) is 10.3 Å². The molecular weight excluding hydrogens is 232 g/mol. The highest BCUT2D eigenvalue weighted by atomic mass is 16.5. The SMILES string of the molecule is CCC(CO)NC(=O)c1cccc(OC(C)C)n1. The molecule has 1 heterocycles. The second kappa shape index (κ2) is 6.96. The van der Waals surface area contributed by atoms with E-state index >= 15 is 0 Å². The van der Waals surface area contributed by atoms with Crippen LogP contribution < -0.4 is 10.1 Å². The van der Waals surface area contributed by atoms with Crippen molar-refractivity contribution in [1.29, 1.82) is 0 Å². The van der Waals surface area contributed by atoms with Gasteiger partial charge in [0.2, 0.25) is 5.88 Å². The number of carbonyl (C=O) groups excluding carboxylic acids is 1. The maximum atomic E-state index is 11.9. The number of ether oxygens (including phenoxy) is 1. The first kappa shape index (κ1) is 14.4. The van der Waals surface area contributed by atoms with Crippen molar-refractivity contribution in [2.75, 3.05) is 6.61 Å². The largest absolute Gasteiger partial charge is 0.475 e. The minimum Gasteiger partial charge on any atom is -0.475 e. The molecule has 0 bridgehead atoms. The fraction of sp³-hybridized carbons (Fsp3) is 0.538. The Morgan fingerprint density at radius 2 is 2.22 bits per heavy atom. The Hall–Kier alpha value is -1.62. The zero-order valence-electron chi connectivity index (χ0n) is 11.0. The molecule has 1 atom stereocenters. The number of aliphatic hydroxyl groups is 1. The smallest absolute Gasteiger partial charge is 0.270 e. The summed E-state index contributed by atoms with van der Waals surface area (Å²) >= 11 is 0. The molecule has 0 fully saturated rings. The zero-order valence-corrected chi connectivity index (χ0v) is 11.0. The van der Waals surface area contributed by atoms with E-state index in [1.807, 2.05) is 20.8 Å². The predicted molar refractivity (Wildman–Crippen MR) is 68.6 cm³/mol. The molecule has 1 unspecified atom stereocenters. The van der Waals surface area contributed by atoms with Crippen molar-refractivity contribution < 1.29 is 14.6 Å². The van der Waals surface area contributed by atoms with Crippen LogP contribution in [-0.2, 0) is 0 Å². The van der Waals surface area contributed by atoms with E-state index in [0.29, 0.717) is 18.0 Å². The molecule has 0 saturated heterocycles. The lowest BCUT2D eigenvalue weighted by Gasteiger charge is -2.14. The Bertz CT molecular complexity index is 390. The molecule has 1 aromatic rings. The molecule has 0 spiro atoms. The van der Waals surface area contributed by atoms with Crippen LogP contribution in [0.5, 0.6) is 5.88 Å². The molecule has 0 saturated carbocycles. The summed E-state index contributed by atoms with van der Waals surface area (Å²) in [6, 6.07) is 4.81. The van der Waals surface area contributed by atoms with Crippen LogP contribution in [0.4, 0.5) is 0 Å². The molecule has 5 heteroatoms. The summed E-state index contributed by atoms with van der Waals surface area (Å²) in [6.07, 6.45) is 0.682. The molecule has 2 N–H and O–H groups in total. The summed E-state index contributed by atoms with van der Waals surface area (Å²) in [4.78, 5) is 16.0. The van der Waals surface area contributed by atoms with E-state index in [0.717, 1.165) is 0 Å². The lowest BCUT2D eigenvalue weighted by atomic mass is 10.2. The normalized spacial score (nSPS) is 12.3. The van der Waals surface area contributed by atoms with Crippen LogP contribution in [0, 0.1) is 0 Å². The van der Waals surface area contributed by atoms with Crippen molar-refractivity contribution in [2.24, 2.45) is 0 Å². The molecule has 0 aliphatic rings. The molecule has 5 nitrogen and oxygen atoms in total. The minimum atomic E-state index is -0.301. The first-order valence-corrected chi connectivity index (χ1v) is 6.12. The number of nitrogens with one attached hydrogen (secondary N) is 1. The molecular formula is C13H20N2O3. The van der Waals surface area contributed by atoms with Gasteiger partial charge in [-0.2, -0.15) is 0 Å². The van der Waals surface area contributed by atoms with Gasteiger partial charge in [0, 0.05) is 6.07 Å². The van der Waals surface area contributed by atoms with Crippen molar-refractivity contribution in [2.45, 2.75) is 39.3 Å². The molecule has 0 aliphatic carbocycles. The quantitative estimate of drug-likeness (QED) is 0.802. The van der Waals surface area contributed by atoms with Crippen LogP contribution in [0.3, 0.4) is 0 Å². The number of amides is 1. The Kier molecular flexibility index (Phi) is 5.58. The topological polar surface area (TPSA) is 71.5 Å². The van der Waals surface area contributed by atoms with Gasteiger partial charge in [0.25, 0.3) is 5.91 Å². The molecule has 0 radical (unpaired) electrons. The molecule has 100 valence electrons. The Morgan fingerprint density at radius 1 is 1.50 bits per heavy atom. The van der Waals surface area contributed by atoms with Gasteiger partial charge in [0.15, 0.2) is 0 Å². The maximum absolute atomic E-state index is 11.9. The lowest BCUT2D eigenvalue weighted by molar-refractivity contribution is 0.0908. The van der Waals surface area contributed by atoms with Crippen LogP contribution in [-0.4, -0.2) is 34.8 Å². The number of pyridine rings is 1. The van der Waals surface area contributed by atoms with Crippen LogP contribution in [0.1, 0.15) is 37.7 Å². The molecule has 1 rings (SSSR count). The van der Waals surface area contributed by atoms with E-state index < -0.39 is 0 Å². The third-order valence-corrected chi connectivity index (χ3v) is 2.36. The first-order chi connectivity index (χ1) is 8.56. The van der Waals surface area contributed by atoms with Crippen molar-refractivity contribution in [3.8, 4) is 5.88 Å². The predicted octanol–water partition coefficient (Wildman–Crippen LogP) is 1.37. The fourth-order valence-electron chi connectivity index (χ4n) is 1.38. The molecule has 0 aromatic carbocycles. The van der Waals surface area contributed by atoms with Crippen LogP contribution in [0.15, 0.2) is 18.2 Å². The van der Waals surface area contributed by atoms with E-state index in [-0.39, 0.29) is 24.7 Å². The van der Waals surface area contributed by atoms with Gasteiger partial charge in [-0.1, -0.05) is 13.0 Å². The number of nitrogens with zero attached hydrogens (tertiary/aromatic N) is 1. The maximum Gasteiger partial charge on any atom is 0.270 e. The zero-order chi connectivity index (χ0) is 13.5. The monoisotopic (exact) mass is 252 g/mol. The second-order valence-corrected chi connectivity index (χ2v) is 4.29.